The maximum atomic E-state index is 12.8. The molecule has 0 N–H and O–H groups in total. The van der Waals surface area contributed by atoms with Gasteiger partial charge in [0, 0.05) is 10.9 Å². The molecule has 0 radical (unpaired) electrons. The molecule has 0 fully saturated rings. The number of carbonyl (C=O) groups is 1. The molecule has 0 spiro atoms. The van der Waals surface area contributed by atoms with Crippen molar-refractivity contribution in [3.05, 3.63) is 58.8 Å². The zero-order valence-corrected chi connectivity index (χ0v) is 15.7. The van der Waals surface area contributed by atoms with E-state index in [4.69, 9.17) is 9.15 Å². The summed E-state index contributed by atoms with van der Waals surface area (Å²) in [6.45, 7) is -0.256. The minimum atomic E-state index is -4.52. The number of aromatic nitrogens is 1. The van der Waals surface area contributed by atoms with Crippen LogP contribution in [0.5, 0.6) is 5.75 Å². The van der Waals surface area contributed by atoms with Gasteiger partial charge < -0.3 is 14.1 Å². The number of thiazole rings is 1. The second kappa shape index (κ2) is 8.47. The van der Waals surface area contributed by atoms with Crippen molar-refractivity contribution in [2.24, 2.45) is 0 Å². The third kappa shape index (κ3) is 5.59. The smallest absolute Gasteiger partial charge is 0.406 e. The van der Waals surface area contributed by atoms with E-state index in [9.17, 15) is 18.0 Å². The molecule has 3 aromatic rings. The van der Waals surface area contributed by atoms with Gasteiger partial charge in [0.1, 0.15) is 18.1 Å². The van der Waals surface area contributed by atoms with E-state index in [1.165, 1.54) is 23.7 Å². The highest BCUT2D eigenvalue weighted by Gasteiger charge is 2.33. The van der Waals surface area contributed by atoms with Gasteiger partial charge in [0.2, 0.25) is 0 Å². The van der Waals surface area contributed by atoms with Crippen LogP contribution in [0.4, 0.5) is 13.2 Å². The van der Waals surface area contributed by atoms with Crippen molar-refractivity contribution in [1.29, 1.82) is 0 Å². The Kier molecular flexibility index (Phi) is 6.03. The highest BCUT2D eigenvalue weighted by Crippen LogP contribution is 2.24. The molecule has 2 heterocycles. The number of nitrogens with zero attached hydrogens (tertiary/aromatic N) is 2. The maximum Gasteiger partial charge on any atom is 0.406 e. The number of aryl methyl sites for hydroxylation is 1. The molecule has 0 aliphatic carbocycles. The van der Waals surface area contributed by atoms with E-state index in [2.05, 4.69) is 4.98 Å². The van der Waals surface area contributed by atoms with E-state index in [0.29, 0.717) is 10.6 Å². The predicted octanol–water partition coefficient (Wildman–Crippen LogP) is 4.68. The molecule has 0 atom stereocenters. The Morgan fingerprint density at radius 1 is 1.25 bits per heavy atom. The Morgan fingerprint density at radius 2 is 2.00 bits per heavy atom. The van der Waals surface area contributed by atoms with Gasteiger partial charge in [-0.05, 0) is 43.3 Å². The van der Waals surface area contributed by atoms with Crippen LogP contribution in [-0.2, 0) is 11.3 Å². The zero-order chi connectivity index (χ0) is 20.1. The largest absolute Gasteiger partial charge is 0.484 e. The lowest BCUT2D eigenvalue weighted by Crippen LogP contribution is -2.40. The molecule has 9 heteroatoms. The summed E-state index contributed by atoms with van der Waals surface area (Å²) in [6, 6.07) is 9.93. The lowest BCUT2D eigenvalue weighted by atomic mass is 10.2. The van der Waals surface area contributed by atoms with Crippen molar-refractivity contribution in [2.45, 2.75) is 19.6 Å². The summed E-state index contributed by atoms with van der Waals surface area (Å²) < 4.78 is 48.8. The number of alkyl halides is 3. The molecule has 0 unspecified atom stereocenters. The summed E-state index contributed by atoms with van der Waals surface area (Å²) in [5.41, 5.74) is 1.72. The molecule has 0 saturated heterocycles. The average molecular weight is 410 g/mol. The summed E-state index contributed by atoms with van der Waals surface area (Å²) in [5.74, 6) is -0.137. The highest BCUT2D eigenvalue weighted by molar-refractivity contribution is 7.09. The van der Waals surface area contributed by atoms with Crippen LogP contribution < -0.4 is 4.74 Å². The van der Waals surface area contributed by atoms with Gasteiger partial charge in [-0.2, -0.15) is 13.2 Å². The summed E-state index contributed by atoms with van der Waals surface area (Å²) in [7, 11) is 0. The van der Waals surface area contributed by atoms with Crippen molar-refractivity contribution in [3.63, 3.8) is 0 Å². The van der Waals surface area contributed by atoms with Crippen molar-refractivity contribution in [1.82, 2.24) is 9.88 Å². The normalized spacial score (nSPS) is 11.4. The third-order valence-corrected chi connectivity index (χ3v) is 4.55. The Balaban J connectivity index is 1.61. The van der Waals surface area contributed by atoms with E-state index in [1.54, 1.807) is 30.3 Å². The number of rotatable bonds is 7. The van der Waals surface area contributed by atoms with Crippen molar-refractivity contribution >= 4 is 17.2 Å². The van der Waals surface area contributed by atoms with Crippen LogP contribution in [-0.4, -0.2) is 35.1 Å². The zero-order valence-electron chi connectivity index (χ0n) is 14.9. The van der Waals surface area contributed by atoms with Gasteiger partial charge in [-0.25, -0.2) is 4.98 Å². The van der Waals surface area contributed by atoms with E-state index in [1.807, 2.05) is 12.3 Å². The van der Waals surface area contributed by atoms with E-state index < -0.39 is 25.2 Å². The van der Waals surface area contributed by atoms with Gasteiger partial charge in [-0.1, -0.05) is 0 Å². The topological polar surface area (TPSA) is 55.6 Å². The minimum absolute atomic E-state index is 0.264. The third-order valence-electron chi connectivity index (χ3n) is 3.78. The fourth-order valence-corrected chi connectivity index (χ4v) is 3.12. The number of halogens is 3. The number of hydrogen-bond donors (Lipinski definition) is 0. The van der Waals surface area contributed by atoms with E-state index in [0.717, 1.165) is 16.3 Å². The van der Waals surface area contributed by atoms with Gasteiger partial charge in [0.05, 0.1) is 23.5 Å². The molecule has 0 bridgehead atoms. The van der Waals surface area contributed by atoms with Crippen molar-refractivity contribution in [3.8, 4) is 17.0 Å². The fourth-order valence-electron chi connectivity index (χ4n) is 2.49. The van der Waals surface area contributed by atoms with Gasteiger partial charge in [-0.3, -0.25) is 4.79 Å². The van der Waals surface area contributed by atoms with Gasteiger partial charge in [0.25, 0.3) is 5.91 Å². The van der Waals surface area contributed by atoms with E-state index in [-0.39, 0.29) is 12.3 Å². The van der Waals surface area contributed by atoms with Gasteiger partial charge >= 0.3 is 6.18 Å². The Morgan fingerprint density at radius 3 is 2.57 bits per heavy atom. The molecule has 5 nitrogen and oxygen atoms in total. The molecule has 3 rings (SSSR count). The highest BCUT2D eigenvalue weighted by atomic mass is 32.1. The molecule has 148 valence electrons. The molecule has 28 heavy (non-hydrogen) atoms. The molecule has 1 aromatic carbocycles. The van der Waals surface area contributed by atoms with Crippen LogP contribution in [0.3, 0.4) is 0 Å². The number of hydrogen-bond acceptors (Lipinski definition) is 5. The first kappa shape index (κ1) is 19.9. The molecule has 0 saturated carbocycles. The van der Waals surface area contributed by atoms with Crippen molar-refractivity contribution < 1.29 is 27.1 Å². The van der Waals surface area contributed by atoms with Gasteiger partial charge in [0.15, 0.2) is 6.61 Å². The number of furan rings is 1. The molecular formula is C19H17F3N2O3S. The van der Waals surface area contributed by atoms with Crippen LogP contribution in [0.2, 0.25) is 0 Å². The summed E-state index contributed by atoms with van der Waals surface area (Å²) in [5, 5.41) is 2.88. The molecular weight excluding hydrogens is 393 g/mol. The van der Waals surface area contributed by atoms with Crippen LogP contribution in [0, 0.1) is 6.92 Å². The molecule has 1 amide bonds. The van der Waals surface area contributed by atoms with Crippen LogP contribution >= 0.6 is 11.3 Å². The second-order valence-corrected chi connectivity index (χ2v) is 7.07. The number of benzene rings is 1. The fraction of sp³-hybridized carbons (Fsp3) is 0.263. The van der Waals surface area contributed by atoms with Crippen LogP contribution in [0.1, 0.15) is 10.8 Å². The van der Waals surface area contributed by atoms with Crippen LogP contribution in [0.25, 0.3) is 11.3 Å². The molecule has 0 aliphatic heterocycles. The lowest BCUT2D eigenvalue weighted by molar-refractivity contribution is -0.164. The summed E-state index contributed by atoms with van der Waals surface area (Å²) in [4.78, 5) is 17.3. The summed E-state index contributed by atoms with van der Waals surface area (Å²) in [6.07, 6.45) is -3.18. The Hall–Kier alpha value is -2.81. The molecule has 0 aliphatic rings. The minimum Gasteiger partial charge on any atom is -0.484 e. The Bertz CT molecular complexity index is 905. The monoisotopic (exact) mass is 410 g/mol. The number of carbonyl (C=O) groups excluding carboxylic acids is 1. The molecule has 2 aromatic heterocycles. The number of ether oxygens (including phenoxy) is 1. The average Bonchev–Trinajstić information content (AvgIpc) is 3.30. The second-order valence-electron chi connectivity index (χ2n) is 6.01. The quantitative estimate of drug-likeness (QED) is 0.568. The first-order chi connectivity index (χ1) is 13.3. The maximum absolute atomic E-state index is 12.8. The SMILES string of the molecule is Cc1nc(-c2ccc(OCC(=O)N(Cc3ccco3)CC(F)(F)F)cc2)cs1. The Labute approximate surface area is 163 Å². The van der Waals surface area contributed by atoms with Crippen LogP contribution in [0.15, 0.2) is 52.5 Å². The van der Waals surface area contributed by atoms with E-state index >= 15 is 0 Å². The number of amides is 1. The first-order valence-corrected chi connectivity index (χ1v) is 9.20. The first-order valence-electron chi connectivity index (χ1n) is 8.32. The van der Waals surface area contributed by atoms with Gasteiger partial charge in [-0.15, -0.1) is 11.3 Å². The predicted molar refractivity (Wildman–Crippen MR) is 98.0 cm³/mol. The standard InChI is InChI=1S/C19H17F3N2O3S/c1-13-23-17(11-28-13)14-4-6-15(7-5-14)27-10-18(25)24(12-19(20,21)22)9-16-3-2-8-26-16/h2-8,11H,9-10,12H2,1H3. The lowest BCUT2D eigenvalue weighted by Gasteiger charge is -2.23. The summed E-state index contributed by atoms with van der Waals surface area (Å²) >= 11 is 1.53. The van der Waals surface area contributed by atoms with Crippen molar-refractivity contribution in [2.75, 3.05) is 13.2 Å².